The molecule has 4 aliphatic carbocycles. The zero-order chi connectivity index (χ0) is 21.6. The summed E-state index contributed by atoms with van der Waals surface area (Å²) in [6, 6.07) is 7.02. The highest BCUT2D eigenvalue weighted by Crippen LogP contribution is 2.60. The van der Waals surface area contributed by atoms with Gasteiger partial charge in [-0.2, -0.15) is 0 Å². The molecule has 2 aromatic rings. The summed E-state index contributed by atoms with van der Waals surface area (Å²) >= 11 is 0. The van der Waals surface area contributed by atoms with Gasteiger partial charge in [0, 0.05) is 28.9 Å². The van der Waals surface area contributed by atoms with E-state index in [1.807, 2.05) is 30.5 Å². The molecule has 2 amide bonds. The lowest BCUT2D eigenvalue weighted by atomic mass is 9.49. The van der Waals surface area contributed by atoms with Crippen LogP contribution in [-0.4, -0.2) is 40.5 Å². The molecule has 0 spiro atoms. The summed E-state index contributed by atoms with van der Waals surface area (Å²) in [6.45, 7) is -0.462. The second-order valence-electron chi connectivity index (χ2n) is 9.90. The van der Waals surface area contributed by atoms with Crippen molar-refractivity contribution in [2.75, 3.05) is 6.54 Å². The van der Waals surface area contributed by atoms with E-state index in [0.29, 0.717) is 24.2 Å². The second kappa shape index (κ2) is 7.70. The molecule has 1 aromatic carbocycles. The summed E-state index contributed by atoms with van der Waals surface area (Å²) in [6.07, 6.45) is 8.65. The van der Waals surface area contributed by atoms with Gasteiger partial charge in [-0.1, -0.05) is 18.2 Å². The van der Waals surface area contributed by atoms with Gasteiger partial charge in [0.15, 0.2) is 0 Å². The largest absolute Gasteiger partial charge is 0.480 e. The SMILES string of the molecule is O=C(O)CNC(=O)C(Cc1c[nH]c2ccccc12)NC(=O)C12CC3CC(CC(C3)C1)C2. The van der Waals surface area contributed by atoms with Crippen molar-refractivity contribution in [1.29, 1.82) is 0 Å². The summed E-state index contributed by atoms with van der Waals surface area (Å²) < 4.78 is 0. The molecule has 1 heterocycles. The van der Waals surface area contributed by atoms with E-state index in [4.69, 9.17) is 5.11 Å². The number of aromatic amines is 1. The van der Waals surface area contributed by atoms with E-state index in [1.54, 1.807) is 0 Å². The number of nitrogens with one attached hydrogen (secondary N) is 3. The number of amides is 2. The molecule has 1 unspecified atom stereocenters. The summed E-state index contributed by atoms with van der Waals surface area (Å²) in [4.78, 5) is 40.6. The van der Waals surface area contributed by atoms with Crippen molar-refractivity contribution in [2.24, 2.45) is 23.2 Å². The molecule has 31 heavy (non-hydrogen) atoms. The number of para-hydroxylation sites is 1. The summed E-state index contributed by atoms with van der Waals surface area (Å²) in [5, 5.41) is 15.5. The summed E-state index contributed by atoms with van der Waals surface area (Å²) in [7, 11) is 0. The van der Waals surface area contributed by atoms with E-state index in [9.17, 15) is 14.4 Å². The van der Waals surface area contributed by atoms with Gasteiger partial charge < -0.3 is 20.7 Å². The number of benzene rings is 1. The molecule has 4 fully saturated rings. The number of fused-ring (bicyclic) bond motifs is 1. The Kier molecular flexibility index (Phi) is 4.99. The van der Waals surface area contributed by atoms with Crippen molar-refractivity contribution >= 4 is 28.7 Å². The molecule has 0 saturated heterocycles. The third-order valence-electron chi connectivity index (χ3n) is 7.65. The standard InChI is InChI=1S/C24H29N3O4/c28-21(29)13-26-22(30)20(8-17-12-25-19-4-2-1-3-18(17)19)27-23(31)24-9-14-5-15(10-24)7-16(6-14)11-24/h1-4,12,14-16,20,25H,5-11,13H2,(H,26,30)(H,27,31)(H,28,29). The number of H-pyrrole nitrogens is 1. The minimum absolute atomic E-state index is 0.0260. The molecule has 7 nitrogen and oxygen atoms in total. The lowest BCUT2D eigenvalue weighted by Crippen LogP contribution is -2.58. The lowest BCUT2D eigenvalue weighted by Gasteiger charge is -2.55. The van der Waals surface area contributed by atoms with Crippen LogP contribution in [-0.2, 0) is 20.8 Å². The highest BCUT2D eigenvalue weighted by molar-refractivity contribution is 5.92. The van der Waals surface area contributed by atoms with E-state index < -0.39 is 24.5 Å². The van der Waals surface area contributed by atoms with Crippen LogP contribution in [0, 0.1) is 23.2 Å². The Balaban J connectivity index is 1.37. The Morgan fingerprint density at radius 1 is 1.06 bits per heavy atom. The number of carboxylic acids is 1. The maximum Gasteiger partial charge on any atom is 0.322 e. The molecule has 4 saturated carbocycles. The molecule has 7 heteroatoms. The number of aromatic nitrogens is 1. The normalized spacial score (nSPS) is 29.6. The van der Waals surface area contributed by atoms with E-state index >= 15 is 0 Å². The van der Waals surface area contributed by atoms with E-state index in [0.717, 1.165) is 35.7 Å². The van der Waals surface area contributed by atoms with Crippen LogP contribution in [0.25, 0.3) is 10.9 Å². The molecule has 0 radical (unpaired) electrons. The maximum atomic E-state index is 13.5. The van der Waals surface area contributed by atoms with Crippen LogP contribution in [0.3, 0.4) is 0 Å². The van der Waals surface area contributed by atoms with Crippen molar-refractivity contribution in [1.82, 2.24) is 15.6 Å². The highest BCUT2D eigenvalue weighted by Gasteiger charge is 2.55. The molecular formula is C24H29N3O4. The van der Waals surface area contributed by atoms with Gasteiger partial charge in [0.1, 0.15) is 12.6 Å². The van der Waals surface area contributed by atoms with Crippen LogP contribution in [0.15, 0.2) is 30.5 Å². The molecular weight excluding hydrogens is 394 g/mol. The monoisotopic (exact) mass is 423 g/mol. The first-order chi connectivity index (χ1) is 14.9. The molecule has 164 valence electrons. The van der Waals surface area contributed by atoms with Crippen LogP contribution in [0.1, 0.15) is 44.1 Å². The minimum atomic E-state index is -1.10. The molecule has 4 bridgehead atoms. The molecule has 4 N–H and O–H groups in total. The fourth-order valence-electron chi connectivity index (χ4n) is 6.72. The van der Waals surface area contributed by atoms with Gasteiger partial charge in [-0.3, -0.25) is 14.4 Å². The smallest absolute Gasteiger partial charge is 0.322 e. The lowest BCUT2D eigenvalue weighted by molar-refractivity contribution is -0.148. The van der Waals surface area contributed by atoms with Crippen molar-refractivity contribution < 1.29 is 19.5 Å². The van der Waals surface area contributed by atoms with Crippen LogP contribution in [0.5, 0.6) is 0 Å². The predicted molar refractivity (Wildman–Crippen MR) is 115 cm³/mol. The summed E-state index contributed by atoms with van der Waals surface area (Å²) in [5.74, 6) is 0.305. The summed E-state index contributed by atoms with van der Waals surface area (Å²) in [5.41, 5.74) is 1.53. The zero-order valence-electron chi connectivity index (χ0n) is 17.5. The van der Waals surface area contributed by atoms with Gasteiger partial charge in [0.25, 0.3) is 0 Å². The topological polar surface area (TPSA) is 111 Å². The third kappa shape index (κ3) is 3.82. The number of hydrogen-bond acceptors (Lipinski definition) is 3. The number of hydrogen-bond donors (Lipinski definition) is 4. The Labute approximate surface area is 181 Å². The van der Waals surface area contributed by atoms with Gasteiger partial charge in [0.05, 0.1) is 0 Å². The number of aliphatic carboxylic acids is 1. The van der Waals surface area contributed by atoms with Crippen molar-refractivity contribution in [3.8, 4) is 0 Å². The minimum Gasteiger partial charge on any atom is -0.480 e. The van der Waals surface area contributed by atoms with Crippen molar-refractivity contribution in [2.45, 2.75) is 51.0 Å². The van der Waals surface area contributed by atoms with E-state index in [-0.39, 0.29) is 11.3 Å². The van der Waals surface area contributed by atoms with Gasteiger partial charge in [0.2, 0.25) is 11.8 Å². The second-order valence-corrected chi connectivity index (χ2v) is 9.90. The van der Waals surface area contributed by atoms with Crippen LogP contribution in [0.4, 0.5) is 0 Å². The van der Waals surface area contributed by atoms with Gasteiger partial charge in [-0.05, 0) is 67.9 Å². The van der Waals surface area contributed by atoms with E-state index in [1.165, 1.54) is 19.3 Å². The zero-order valence-corrected chi connectivity index (χ0v) is 17.5. The number of rotatable bonds is 7. The highest BCUT2D eigenvalue weighted by atomic mass is 16.4. The average molecular weight is 424 g/mol. The van der Waals surface area contributed by atoms with Gasteiger partial charge >= 0.3 is 5.97 Å². The first kappa shape index (κ1) is 20.1. The Morgan fingerprint density at radius 3 is 2.35 bits per heavy atom. The Bertz CT molecular complexity index is 991. The fraction of sp³-hybridized carbons (Fsp3) is 0.542. The molecule has 1 aromatic heterocycles. The molecule has 6 rings (SSSR count). The third-order valence-corrected chi connectivity index (χ3v) is 7.65. The first-order valence-electron chi connectivity index (χ1n) is 11.3. The quantitative estimate of drug-likeness (QED) is 0.548. The van der Waals surface area contributed by atoms with Crippen molar-refractivity contribution in [3.63, 3.8) is 0 Å². The number of carboxylic acid groups (broad SMARTS) is 1. The van der Waals surface area contributed by atoms with Crippen LogP contribution in [0.2, 0.25) is 0 Å². The Morgan fingerprint density at radius 2 is 1.71 bits per heavy atom. The van der Waals surface area contributed by atoms with Crippen LogP contribution < -0.4 is 10.6 Å². The number of carbonyl (C=O) groups excluding carboxylic acids is 2. The van der Waals surface area contributed by atoms with E-state index in [2.05, 4.69) is 15.6 Å². The van der Waals surface area contributed by atoms with Crippen molar-refractivity contribution in [3.05, 3.63) is 36.0 Å². The first-order valence-corrected chi connectivity index (χ1v) is 11.3. The van der Waals surface area contributed by atoms with Gasteiger partial charge in [-0.15, -0.1) is 0 Å². The maximum absolute atomic E-state index is 13.5. The molecule has 1 atom stereocenters. The molecule has 4 aliphatic rings. The number of carbonyl (C=O) groups is 3. The molecule has 0 aliphatic heterocycles. The Hall–Kier alpha value is -2.83. The van der Waals surface area contributed by atoms with Crippen LogP contribution >= 0.6 is 0 Å². The predicted octanol–water partition coefficient (Wildman–Crippen LogP) is 2.61. The fourth-order valence-corrected chi connectivity index (χ4v) is 6.72. The average Bonchev–Trinajstić information content (AvgIpc) is 3.13. The van der Waals surface area contributed by atoms with Gasteiger partial charge in [-0.25, -0.2) is 0 Å².